The van der Waals surface area contributed by atoms with Crippen molar-refractivity contribution in [3.8, 4) is 11.5 Å². The smallest absolute Gasteiger partial charge is 0.307 e. The second-order valence-electron chi connectivity index (χ2n) is 10.5. The van der Waals surface area contributed by atoms with Gasteiger partial charge in [-0.05, 0) is 62.4 Å². The molecule has 2 aliphatic heterocycles. The van der Waals surface area contributed by atoms with E-state index < -0.39 is 5.97 Å². The van der Waals surface area contributed by atoms with Gasteiger partial charge in [-0.25, -0.2) is 4.98 Å². The summed E-state index contributed by atoms with van der Waals surface area (Å²) in [5.41, 5.74) is 1.82. The van der Waals surface area contributed by atoms with Gasteiger partial charge >= 0.3 is 5.97 Å². The van der Waals surface area contributed by atoms with Crippen LogP contribution in [0.15, 0.2) is 60.9 Å². The molecule has 2 saturated heterocycles. The fourth-order valence-electron chi connectivity index (χ4n) is 5.44. The monoisotopic (exact) mass is 559 g/mol. The van der Waals surface area contributed by atoms with Crippen molar-refractivity contribution in [3.05, 3.63) is 66.5 Å². The zero-order valence-electron chi connectivity index (χ0n) is 23.4. The molecular formula is C31H37N5O5. The van der Waals surface area contributed by atoms with Crippen LogP contribution in [-0.4, -0.2) is 65.8 Å². The molecule has 0 bridgehead atoms. The van der Waals surface area contributed by atoms with E-state index in [0.29, 0.717) is 19.0 Å². The number of rotatable bonds is 10. The number of benzene rings is 2. The summed E-state index contributed by atoms with van der Waals surface area (Å²) in [7, 11) is 0. The summed E-state index contributed by atoms with van der Waals surface area (Å²) in [6.45, 7) is 5.55. The minimum absolute atomic E-state index is 0.0102. The summed E-state index contributed by atoms with van der Waals surface area (Å²) in [6.07, 6.45) is 6.67. The third kappa shape index (κ3) is 7.45. The van der Waals surface area contributed by atoms with Crippen LogP contribution in [0.2, 0.25) is 0 Å². The third-order valence-electron chi connectivity index (χ3n) is 7.54. The number of piperidine rings is 2. The summed E-state index contributed by atoms with van der Waals surface area (Å²) in [5, 5.41) is 12.0. The average molecular weight is 560 g/mol. The first kappa shape index (κ1) is 28.2. The van der Waals surface area contributed by atoms with Gasteiger partial charge in [0.15, 0.2) is 17.3 Å². The molecule has 10 nitrogen and oxygen atoms in total. The van der Waals surface area contributed by atoms with Crippen LogP contribution in [0.5, 0.6) is 11.5 Å². The molecule has 0 spiro atoms. The molecule has 1 aromatic heterocycles. The highest BCUT2D eigenvalue weighted by molar-refractivity contribution is 5.91. The molecule has 1 amide bonds. The third-order valence-corrected chi connectivity index (χ3v) is 7.54. The number of ether oxygens (including phenoxy) is 2. The van der Waals surface area contributed by atoms with Crippen molar-refractivity contribution in [2.24, 2.45) is 5.92 Å². The Morgan fingerprint density at radius 2 is 1.73 bits per heavy atom. The Balaban J connectivity index is 1.14. The lowest BCUT2D eigenvalue weighted by Gasteiger charge is -2.34. The number of carbonyl (C=O) groups excluding carboxylic acids is 1. The Morgan fingerprint density at radius 1 is 0.976 bits per heavy atom. The highest BCUT2D eigenvalue weighted by Crippen LogP contribution is 2.30. The minimum atomic E-state index is -0.839. The van der Waals surface area contributed by atoms with Gasteiger partial charge in [0.2, 0.25) is 5.91 Å². The van der Waals surface area contributed by atoms with Crippen LogP contribution < -0.4 is 24.6 Å². The van der Waals surface area contributed by atoms with E-state index in [-0.39, 0.29) is 24.3 Å². The van der Waals surface area contributed by atoms with Gasteiger partial charge in [0, 0.05) is 31.2 Å². The molecule has 3 heterocycles. The molecule has 41 heavy (non-hydrogen) atoms. The zero-order chi connectivity index (χ0) is 28.6. The summed E-state index contributed by atoms with van der Waals surface area (Å²) in [6, 6.07) is 15.3. The maximum atomic E-state index is 13.1. The molecule has 3 aromatic rings. The highest BCUT2D eigenvalue weighted by Gasteiger charge is 2.27. The van der Waals surface area contributed by atoms with E-state index in [9.17, 15) is 9.59 Å². The number of nitrogens with one attached hydrogen (secondary N) is 1. The van der Waals surface area contributed by atoms with Gasteiger partial charge in [0.05, 0.1) is 32.0 Å². The Bertz CT molecular complexity index is 1330. The van der Waals surface area contributed by atoms with Gasteiger partial charge in [-0.1, -0.05) is 24.3 Å². The first-order valence-electron chi connectivity index (χ1n) is 14.3. The molecule has 0 aliphatic carbocycles. The van der Waals surface area contributed by atoms with Crippen molar-refractivity contribution in [1.29, 1.82) is 0 Å². The lowest BCUT2D eigenvalue weighted by atomic mass is 9.95. The van der Waals surface area contributed by atoms with Gasteiger partial charge < -0.3 is 29.7 Å². The van der Waals surface area contributed by atoms with E-state index >= 15 is 0 Å². The molecule has 2 N–H and O–H groups in total. The Labute approximate surface area is 240 Å². The lowest BCUT2D eigenvalue weighted by molar-refractivity contribution is -0.136. The maximum absolute atomic E-state index is 13.1. The summed E-state index contributed by atoms with van der Waals surface area (Å²) >= 11 is 0. The van der Waals surface area contributed by atoms with Crippen LogP contribution in [0.3, 0.4) is 0 Å². The van der Waals surface area contributed by atoms with E-state index in [2.05, 4.69) is 20.1 Å². The van der Waals surface area contributed by atoms with Crippen molar-refractivity contribution in [2.45, 2.75) is 45.1 Å². The van der Waals surface area contributed by atoms with Crippen molar-refractivity contribution in [1.82, 2.24) is 9.97 Å². The molecule has 1 atom stereocenters. The number of carboxylic acid groups (broad SMARTS) is 1. The van der Waals surface area contributed by atoms with Crippen LogP contribution in [0.25, 0.3) is 0 Å². The normalized spacial score (nSPS) is 17.6. The molecule has 0 radical (unpaired) electrons. The van der Waals surface area contributed by atoms with E-state index in [0.717, 1.165) is 73.9 Å². The second kappa shape index (κ2) is 13.3. The topological polar surface area (TPSA) is 117 Å². The number of hydrogen-bond acceptors (Lipinski definition) is 8. The van der Waals surface area contributed by atoms with Gasteiger partial charge in [0.25, 0.3) is 0 Å². The summed E-state index contributed by atoms with van der Waals surface area (Å²) in [4.78, 5) is 37.5. The fourth-order valence-corrected chi connectivity index (χ4v) is 5.44. The zero-order valence-corrected chi connectivity index (χ0v) is 23.4. The van der Waals surface area contributed by atoms with Crippen molar-refractivity contribution in [3.63, 3.8) is 0 Å². The first-order chi connectivity index (χ1) is 20.0. The molecule has 2 aromatic carbocycles. The Kier molecular flexibility index (Phi) is 9.18. The summed E-state index contributed by atoms with van der Waals surface area (Å²) in [5.74, 6) is 1.67. The van der Waals surface area contributed by atoms with Crippen molar-refractivity contribution >= 4 is 29.2 Å². The van der Waals surface area contributed by atoms with Gasteiger partial charge in [-0.2, -0.15) is 0 Å². The largest absolute Gasteiger partial charge is 0.490 e. The second-order valence-corrected chi connectivity index (χ2v) is 10.5. The number of aliphatic carboxylic acids is 1. The Hall–Kier alpha value is -4.34. The molecule has 10 heteroatoms. The predicted molar refractivity (Wildman–Crippen MR) is 157 cm³/mol. The number of carbonyl (C=O) groups is 2. The molecule has 216 valence electrons. The van der Waals surface area contributed by atoms with Crippen LogP contribution in [0.4, 0.5) is 17.3 Å². The van der Waals surface area contributed by atoms with Crippen molar-refractivity contribution < 1.29 is 24.2 Å². The molecule has 1 unspecified atom stereocenters. The molecule has 5 rings (SSSR count). The number of nitrogens with zero attached hydrogens (tertiary/aromatic N) is 4. The predicted octanol–water partition coefficient (Wildman–Crippen LogP) is 4.41. The lowest BCUT2D eigenvalue weighted by Crippen LogP contribution is -2.41. The maximum Gasteiger partial charge on any atom is 0.307 e. The van der Waals surface area contributed by atoms with Crippen LogP contribution in [-0.2, 0) is 16.0 Å². The number of hydrogen-bond donors (Lipinski definition) is 2. The summed E-state index contributed by atoms with van der Waals surface area (Å²) < 4.78 is 12.0. The van der Waals surface area contributed by atoms with E-state index in [1.807, 2.05) is 55.5 Å². The number of amides is 1. The van der Waals surface area contributed by atoms with E-state index in [4.69, 9.17) is 19.6 Å². The fraction of sp³-hybridized carbons (Fsp3) is 0.419. The number of para-hydroxylation sites is 2. The van der Waals surface area contributed by atoms with E-state index in [1.54, 1.807) is 12.4 Å². The minimum Gasteiger partial charge on any atom is -0.490 e. The Morgan fingerprint density at radius 3 is 2.46 bits per heavy atom. The number of anilines is 3. The highest BCUT2D eigenvalue weighted by atomic mass is 16.5. The van der Waals surface area contributed by atoms with Gasteiger partial charge in [-0.15, -0.1) is 0 Å². The van der Waals surface area contributed by atoms with Crippen molar-refractivity contribution in [2.75, 3.05) is 47.9 Å². The van der Waals surface area contributed by atoms with Gasteiger partial charge in [0.1, 0.15) is 11.9 Å². The number of carboxylic acids is 1. The van der Waals surface area contributed by atoms with Crippen LogP contribution in [0, 0.1) is 5.92 Å². The van der Waals surface area contributed by atoms with Crippen LogP contribution >= 0.6 is 0 Å². The molecular weight excluding hydrogens is 522 g/mol. The molecule has 0 saturated carbocycles. The first-order valence-corrected chi connectivity index (χ1v) is 14.3. The average Bonchev–Trinajstić information content (AvgIpc) is 2.99. The number of aromatic nitrogens is 2. The van der Waals surface area contributed by atoms with Crippen LogP contribution in [0.1, 0.15) is 38.2 Å². The SMILES string of the molecule is CCOc1ccccc1OC1CCCN(c2cncc(NC(=O)C3CCN(c4ccc(CC(=O)O)cc4)CC3)n2)C1. The molecule has 2 fully saturated rings. The standard InChI is InChI=1S/C31H37N5O5/c1-2-40-26-7-3-4-8-27(26)41-25-6-5-15-36(21-25)29-20-32-19-28(33-29)34-31(39)23-13-16-35(17-14-23)24-11-9-22(10-12-24)18-30(37)38/h3-4,7-12,19-20,23,25H,2,5-6,13-18,21H2,1H3,(H,37,38)(H,33,34,39). The quantitative estimate of drug-likeness (QED) is 0.373. The van der Waals surface area contributed by atoms with Gasteiger partial charge in [-0.3, -0.25) is 14.6 Å². The molecule has 2 aliphatic rings. The van der Waals surface area contributed by atoms with E-state index in [1.165, 1.54) is 0 Å².